The van der Waals surface area contributed by atoms with Crippen LogP contribution in [0.4, 0.5) is 5.69 Å². The fourth-order valence-corrected chi connectivity index (χ4v) is 3.93. The van der Waals surface area contributed by atoms with E-state index in [1.54, 1.807) is 18.3 Å². The van der Waals surface area contributed by atoms with Crippen LogP contribution in [0.15, 0.2) is 48.7 Å². The standard InChI is InChI=1S/C18H15ClN2O2/c19-13-8-7-12(18(22)23)15-10-4-3-5-11(10)16(21-17(13)15)14-6-1-2-9-20-14/h1-4,6-11,16,21H,5H2,(H,22,23)/t10-,11+,16-/m0/s1. The second kappa shape index (κ2) is 5.39. The van der Waals surface area contributed by atoms with Gasteiger partial charge in [0.15, 0.2) is 0 Å². The van der Waals surface area contributed by atoms with E-state index in [2.05, 4.69) is 22.5 Å². The highest BCUT2D eigenvalue weighted by atomic mass is 35.5. The number of allylic oxidation sites excluding steroid dienone is 2. The summed E-state index contributed by atoms with van der Waals surface area (Å²) in [5.41, 5.74) is 2.78. The Labute approximate surface area is 138 Å². The van der Waals surface area contributed by atoms with Crippen molar-refractivity contribution in [2.24, 2.45) is 5.92 Å². The van der Waals surface area contributed by atoms with E-state index >= 15 is 0 Å². The van der Waals surface area contributed by atoms with E-state index < -0.39 is 5.97 Å². The number of hydrogen-bond donors (Lipinski definition) is 2. The molecule has 0 saturated carbocycles. The van der Waals surface area contributed by atoms with Gasteiger partial charge in [-0.3, -0.25) is 4.98 Å². The molecule has 2 aromatic rings. The normalized spacial score (nSPS) is 24.7. The molecule has 0 unspecified atom stereocenters. The molecule has 23 heavy (non-hydrogen) atoms. The average Bonchev–Trinajstić information content (AvgIpc) is 3.05. The number of carboxylic acid groups (broad SMARTS) is 1. The maximum atomic E-state index is 11.6. The molecule has 0 fully saturated rings. The third kappa shape index (κ3) is 2.21. The average molecular weight is 327 g/mol. The van der Waals surface area contributed by atoms with Gasteiger partial charge in [0.05, 0.1) is 28.0 Å². The van der Waals surface area contributed by atoms with Gasteiger partial charge in [0.2, 0.25) is 0 Å². The molecule has 1 aromatic heterocycles. The SMILES string of the molecule is O=C(O)c1ccc(Cl)c2c1[C@H]1C=CC[C@H]1[C@@H](c1ccccn1)N2. The van der Waals surface area contributed by atoms with Crippen molar-refractivity contribution in [2.45, 2.75) is 18.4 Å². The van der Waals surface area contributed by atoms with Gasteiger partial charge in [-0.25, -0.2) is 4.79 Å². The van der Waals surface area contributed by atoms with Gasteiger partial charge in [-0.1, -0.05) is 29.8 Å². The summed E-state index contributed by atoms with van der Waals surface area (Å²) in [5, 5.41) is 13.5. The lowest BCUT2D eigenvalue weighted by Crippen LogP contribution is -2.31. The van der Waals surface area contributed by atoms with Gasteiger partial charge in [0, 0.05) is 12.1 Å². The number of aromatic carboxylic acids is 1. The molecule has 116 valence electrons. The van der Waals surface area contributed by atoms with Crippen molar-refractivity contribution >= 4 is 23.3 Å². The van der Waals surface area contributed by atoms with Crippen LogP contribution in [0.25, 0.3) is 0 Å². The molecule has 2 heterocycles. The van der Waals surface area contributed by atoms with Crippen molar-refractivity contribution < 1.29 is 9.90 Å². The topological polar surface area (TPSA) is 62.2 Å². The van der Waals surface area contributed by atoms with Gasteiger partial charge in [-0.15, -0.1) is 0 Å². The van der Waals surface area contributed by atoms with Gasteiger partial charge < -0.3 is 10.4 Å². The van der Waals surface area contributed by atoms with Crippen LogP contribution in [0.3, 0.4) is 0 Å². The van der Waals surface area contributed by atoms with Gasteiger partial charge in [0.1, 0.15) is 0 Å². The van der Waals surface area contributed by atoms with Crippen LogP contribution in [0.1, 0.15) is 40.0 Å². The van der Waals surface area contributed by atoms with Gasteiger partial charge in [-0.05, 0) is 42.2 Å². The first-order valence-electron chi connectivity index (χ1n) is 7.56. The van der Waals surface area contributed by atoms with Crippen molar-refractivity contribution in [1.82, 2.24) is 4.98 Å². The Balaban J connectivity index is 1.89. The van der Waals surface area contributed by atoms with Gasteiger partial charge in [0.25, 0.3) is 0 Å². The highest BCUT2D eigenvalue weighted by molar-refractivity contribution is 6.33. The molecular weight excluding hydrogens is 312 g/mol. The Morgan fingerprint density at radius 2 is 2.17 bits per heavy atom. The van der Waals surface area contributed by atoms with Gasteiger partial charge >= 0.3 is 5.97 Å². The Kier molecular flexibility index (Phi) is 3.34. The number of carboxylic acids is 1. The number of halogens is 1. The molecule has 0 amide bonds. The first kappa shape index (κ1) is 14.3. The Morgan fingerprint density at radius 3 is 2.91 bits per heavy atom. The van der Waals surface area contributed by atoms with E-state index in [-0.39, 0.29) is 17.9 Å². The zero-order valence-electron chi connectivity index (χ0n) is 12.2. The number of nitrogens with zero attached hydrogens (tertiary/aromatic N) is 1. The third-order valence-corrected chi connectivity index (χ3v) is 5.02. The summed E-state index contributed by atoms with van der Waals surface area (Å²) in [7, 11) is 0. The molecule has 4 nitrogen and oxygen atoms in total. The molecule has 5 heteroatoms. The Bertz CT molecular complexity index is 804. The van der Waals surface area contributed by atoms with Crippen molar-refractivity contribution in [3.05, 3.63) is 70.5 Å². The number of aromatic nitrogens is 1. The zero-order chi connectivity index (χ0) is 16.0. The molecule has 0 radical (unpaired) electrons. The minimum absolute atomic E-state index is 0.0187. The van der Waals surface area contributed by atoms with Crippen LogP contribution >= 0.6 is 11.6 Å². The Hall–Kier alpha value is -2.33. The summed E-state index contributed by atoms with van der Waals surface area (Å²) in [6.07, 6.45) is 6.89. The zero-order valence-corrected chi connectivity index (χ0v) is 13.0. The highest BCUT2D eigenvalue weighted by Gasteiger charge is 2.41. The van der Waals surface area contributed by atoms with Crippen LogP contribution in [0, 0.1) is 5.92 Å². The monoisotopic (exact) mass is 326 g/mol. The number of anilines is 1. The predicted octanol–water partition coefficient (Wildman–Crippen LogP) is 4.26. The second-order valence-corrected chi connectivity index (χ2v) is 6.33. The van der Waals surface area contributed by atoms with Crippen LogP contribution < -0.4 is 5.32 Å². The number of benzene rings is 1. The lowest BCUT2D eigenvalue weighted by Gasteiger charge is -2.38. The first-order chi connectivity index (χ1) is 11.2. The maximum Gasteiger partial charge on any atom is 0.336 e. The van der Waals surface area contributed by atoms with Crippen molar-refractivity contribution in [2.75, 3.05) is 5.32 Å². The quantitative estimate of drug-likeness (QED) is 0.809. The molecule has 0 bridgehead atoms. The molecule has 1 aliphatic carbocycles. The fraction of sp³-hybridized carbons (Fsp3) is 0.222. The van der Waals surface area contributed by atoms with E-state index in [1.807, 2.05) is 18.2 Å². The summed E-state index contributed by atoms with van der Waals surface area (Å²) in [5.74, 6) is -0.632. The summed E-state index contributed by atoms with van der Waals surface area (Å²) in [6, 6.07) is 9.10. The van der Waals surface area contributed by atoms with Crippen molar-refractivity contribution in [3.63, 3.8) is 0 Å². The molecule has 2 N–H and O–H groups in total. The molecule has 0 saturated heterocycles. The van der Waals surface area contributed by atoms with Crippen LogP contribution in [-0.2, 0) is 0 Å². The summed E-state index contributed by atoms with van der Waals surface area (Å²) >= 11 is 6.36. The molecule has 0 spiro atoms. The largest absolute Gasteiger partial charge is 0.478 e. The maximum absolute atomic E-state index is 11.6. The first-order valence-corrected chi connectivity index (χ1v) is 7.94. The smallest absolute Gasteiger partial charge is 0.336 e. The number of fused-ring (bicyclic) bond motifs is 3. The van der Waals surface area contributed by atoms with E-state index in [9.17, 15) is 9.90 Å². The highest BCUT2D eigenvalue weighted by Crippen LogP contribution is 2.52. The second-order valence-electron chi connectivity index (χ2n) is 5.92. The summed E-state index contributed by atoms with van der Waals surface area (Å²) in [4.78, 5) is 16.1. The minimum atomic E-state index is -0.921. The Morgan fingerprint density at radius 1 is 1.30 bits per heavy atom. The van der Waals surface area contributed by atoms with Crippen LogP contribution in [-0.4, -0.2) is 16.1 Å². The third-order valence-electron chi connectivity index (χ3n) is 4.71. The van der Waals surface area contributed by atoms with Gasteiger partial charge in [-0.2, -0.15) is 0 Å². The van der Waals surface area contributed by atoms with Crippen molar-refractivity contribution in [1.29, 1.82) is 0 Å². The summed E-state index contributed by atoms with van der Waals surface area (Å²) in [6.45, 7) is 0. The molecule has 2 aliphatic rings. The molecule has 1 aromatic carbocycles. The summed E-state index contributed by atoms with van der Waals surface area (Å²) < 4.78 is 0. The van der Waals surface area contributed by atoms with E-state index in [1.165, 1.54) is 0 Å². The fourth-order valence-electron chi connectivity index (χ4n) is 3.71. The number of carbonyl (C=O) groups is 1. The van der Waals surface area contributed by atoms with E-state index in [4.69, 9.17) is 11.6 Å². The number of pyridine rings is 1. The predicted molar refractivity (Wildman–Crippen MR) is 89.0 cm³/mol. The van der Waals surface area contributed by atoms with Crippen LogP contribution in [0.2, 0.25) is 5.02 Å². The number of nitrogens with one attached hydrogen (secondary N) is 1. The number of hydrogen-bond acceptors (Lipinski definition) is 3. The lowest BCUT2D eigenvalue weighted by molar-refractivity contribution is 0.0695. The molecule has 4 rings (SSSR count). The molecule has 1 aliphatic heterocycles. The van der Waals surface area contributed by atoms with Crippen molar-refractivity contribution in [3.8, 4) is 0 Å². The molecular formula is C18H15ClN2O2. The lowest BCUT2D eigenvalue weighted by atomic mass is 9.76. The number of rotatable bonds is 2. The minimum Gasteiger partial charge on any atom is -0.478 e. The van der Waals surface area contributed by atoms with E-state index in [0.717, 1.165) is 23.4 Å². The van der Waals surface area contributed by atoms with Crippen LogP contribution in [0.5, 0.6) is 0 Å². The van der Waals surface area contributed by atoms with E-state index in [0.29, 0.717) is 10.6 Å². The molecule has 3 atom stereocenters.